The number of aromatic nitrogens is 2. The van der Waals surface area contributed by atoms with Crippen molar-refractivity contribution < 1.29 is 19.1 Å². The molecular weight excluding hydrogens is 324 g/mol. The molecule has 8 nitrogen and oxygen atoms in total. The summed E-state index contributed by atoms with van der Waals surface area (Å²) in [4.78, 5) is 33.4. The van der Waals surface area contributed by atoms with Crippen LogP contribution < -0.4 is 10.2 Å². The van der Waals surface area contributed by atoms with Crippen LogP contribution in [0.5, 0.6) is 0 Å². The zero-order valence-electron chi connectivity index (χ0n) is 13.6. The normalized spacial score (nSPS) is 14.0. The van der Waals surface area contributed by atoms with Gasteiger partial charge in [-0.1, -0.05) is 0 Å². The number of carbonyl (C=O) groups is 2. The van der Waals surface area contributed by atoms with Crippen LogP contribution in [-0.2, 0) is 14.3 Å². The predicted octanol–water partition coefficient (Wildman–Crippen LogP) is 1.11. The van der Waals surface area contributed by atoms with Crippen LogP contribution in [0.15, 0.2) is 42.9 Å². The minimum absolute atomic E-state index is 0.0603. The number of hydrogen-bond acceptors (Lipinski definition) is 7. The number of ether oxygens (including phenoxy) is 2. The summed E-state index contributed by atoms with van der Waals surface area (Å²) >= 11 is 0. The summed E-state index contributed by atoms with van der Waals surface area (Å²) in [6, 6.07) is 7.50. The highest BCUT2D eigenvalue weighted by atomic mass is 16.5. The van der Waals surface area contributed by atoms with Gasteiger partial charge in [0.2, 0.25) is 0 Å². The first kappa shape index (κ1) is 16.8. The van der Waals surface area contributed by atoms with Gasteiger partial charge >= 0.3 is 5.97 Å². The maximum atomic E-state index is 11.9. The molecule has 0 saturated carbocycles. The van der Waals surface area contributed by atoms with E-state index in [0.29, 0.717) is 5.69 Å². The van der Waals surface area contributed by atoms with Crippen molar-refractivity contribution >= 4 is 23.3 Å². The second-order valence-corrected chi connectivity index (χ2v) is 5.36. The van der Waals surface area contributed by atoms with E-state index >= 15 is 0 Å². The Kier molecular flexibility index (Phi) is 5.53. The fourth-order valence-electron chi connectivity index (χ4n) is 2.38. The third-order valence-electron chi connectivity index (χ3n) is 3.63. The Morgan fingerprint density at radius 1 is 1.16 bits per heavy atom. The molecule has 1 aromatic carbocycles. The largest absolute Gasteiger partial charge is 0.451 e. The van der Waals surface area contributed by atoms with Gasteiger partial charge in [0.1, 0.15) is 0 Å². The number of esters is 1. The van der Waals surface area contributed by atoms with E-state index in [1.54, 1.807) is 0 Å². The molecule has 0 aliphatic carbocycles. The van der Waals surface area contributed by atoms with Crippen LogP contribution in [0.25, 0.3) is 0 Å². The van der Waals surface area contributed by atoms with Gasteiger partial charge in [0.25, 0.3) is 5.91 Å². The lowest BCUT2D eigenvalue weighted by atomic mass is 10.2. The van der Waals surface area contributed by atoms with Crippen molar-refractivity contribution in [2.45, 2.75) is 0 Å². The van der Waals surface area contributed by atoms with Gasteiger partial charge in [-0.15, -0.1) is 0 Å². The van der Waals surface area contributed by atoms with Crippen molar-refractivity contribution in [1.82, 2.24) is 9.97 Å². The summed E-state index contributed by atoms with van der Waals surface area (Å²) in [6.07, 6.45) is 4.11. The molecule has 0 atom stereocenters. The van der Waals surface area contributed by atoms with E-state index in [1.807, 2.05) is 24.3 Å². The lowest BCUT2D eigenvalue weighted by Gasteiger charge is -2.28. The lowest BCUT2D eigenvalue weighted by molar-refractivity contribution is -0.119. The molecule has 1 fully saturated rings. The molecule has 1 amide bonds. The fourth-order valence-corrected chi connectivity index (χ4v) is 2.38. The summed E-state index contributed by atoms with van der Waals surface area (Å²) in [6.45, 7) is 2.75. The average molecular weight is 342 g/mol. The molecule has 0 radical (unpaired) electrons. The lowest BCUT2D eigenvalue weighted by Crippen LogP contribution is -2.36. The summed E-state index contributed by atoms with van der Waals surface area (Å²) in [7, 11) is 0. The second-order valence-electron chi connectivity index (χ2n) is 5.36. The van der Waals surface area contributed by atoms with Gasteiger partial charge < -0.3 is 19.7 Å². The maximum absolute atomic E-state index is 11.9. The van der Waals surface area contributed by atoms with Crippen molar-refractivity contribution in [3.63, 3.8) is 0 Å². The van der Waals surface area contributed by atoms with Crippen LogP contribution in [-0.4, -0.2) is 54.8 Å². The van der Waals surface area contributed by atoms with Gasteiger partial charge in [-0.2, -0.15) is 0 Å². The molecule has 130 valence electrons. The molecule has 25 heavy (non-hydrogen) atoms. The first-order chi connectivity index (χ1) is 12.2. The third-order valence-corrected chi connectivity index (χ3v) is 3.63. The molecule has 0 spiro atoms. The average Bonchev–Trinajstić information content (AvgIpc) is 2.68. The number of rotatable bonds is 5. The van der Waals surface area contributed by atoms with E-state index in [1.165, 1.54) is 18.6 Å². The first-order valence-electron chi connectivity index (χ1n) is 7.88. The standard InChI is InChI=1S/C17H18N4O4/c22-16(12-25-17(23)15-11-18-5-6-19-15)20-13-1-3-14(4-2-13)21-7-9-24-10-8-21/h1-6,11H,7-10,12H2,(H,20,22). The van der Waals surface area contributed by atoms with Crippen molar-refractivity contribution in [2.75, 3.05) is 43.1 Å². The molecule has 1 aliphatic heterocycles. The minimum Gasteiger partial charge on any atom is -0.451 e. The van der Waals surface area contributed by atoms with Gasteiger partial charge in [-0.3, -0.25) is 9.78 Å². The topological polar surface area (TPSA) is 93.7 Å². The number of hydrogen-bond donors (Lipinski definition) is 1. The monoisotopic (exact) mass is 342 g/mol. The van der Waals surface area contributed by atoms with Crippen molar-refractivity contribution in [3.05, 3.63) is 48.5 Å². The van der Waals surface area contributed by atoms with Gasteiger partial charge in [-0.25, -0.2) is 9.78 Å². The van der Waals surface area contributed by atoms with E-state index in [2.05, 4.69) is 20.2 Å². The van der Waals surface area contributed by atoms with Crippen molar-refractivity contribution in [3.8, 4) is 0 Å². The minimum atomic E-state index is -0.689. The van der Waals surface area contributed by atoms with Gasteiger partial charge in [0.05, 0.1) is 19.4 Å². The highest BCUT2D eigenvalue weighted by Gasteiger charge is 2.13. The Morgan fingerprint density at radius 3 is 2.60 bits per heavy atom. The molecule has 1 saturated heterocycles. The van der Waals surface area contributed by atoms with Crippen LogP contribution in [0, 0.1) is 0 Å². The van der Waals surface area contributed by atoms with Gasteiger partial charge in [-0.05, 0) is 24.3 Å². The molecule has 8 heteroatoms. The number of anilines is 2. The van der Waals surface area contributed by atoms with Crippen LogP contribution in [0.4, 0.5) is 11.4 Å². The number of nitrogens with one attached hydrogen (secondary N) is 1. The first-order valence-corrected chi connectivity index (χ1v) is 7.88. The fraction of sp³-hybridized carbons (Fsp3) is 0.294. The van der Waals surface area contributed by atoms with Crippen LogP contribution in [0.3, 0.4) is 0 Å². The number of amides is 1. The molecule has 2 heterocycles. The highest BCUT2D eigenvalue weighted by Crippen LogP contribution is 2.18. The molecule has 3 rings (SSSR count). The Morgan fingerprint density at radius 2 is 1.92 bits per heavy atom. The smallest absolute Gasteiger partial charge is 0.359 e. The summed E-state index contributed by atoms with van der Waals surface area (Å²) in [5.74, 6) is -1.11. The van der Waals surface area contributed by atoms with Gasteiger partial charge in [0, 0.05) is 36.9 Å². The number of benzene rings is 1. The van der Waals surface area contributed by atoms with Crippen LogP contribution in [0.1, 0.15) is 10.5 Å². The van der Waals surface area contributed by atoms with Crippen LogP contribution in [0.2, 0.25) is 0 Å². The Labute approximate surface area is 144 Å². The van der Waals surface area contributed by atoms with E-state index in [4.69, 9.17) is 9.47 Å². The summed E-state index contributed by atoms with van der Waals surface area (Å²) in [5, 5.41) is 2.68. The molecule has 0 bridgehead atoms. The Hall–Kier alpha value is -3.00. The SMILES string of the molecule is O=C(COC(=O)c1cnccn1)Nc1ccc(N2CCOCC2)cc1. The summed E-state index contributed by atoms with van der Waals surface area (Å²) < 4.78 is 10.2. The van der Waals surface area contributed by atoms with E-state index in [0.717, 1.165) is 32.0 Å². The molecule has 0 unspecified atom stereocenters. The number of carbonyl (C=O) groups excluding carboxylic acids is 2. The molecule has 1 aromatic heterocycles. The van der Waals surface area contributed by atoms with Crippen molar-refractivity contribution in [2.24, 2.45) is 0 Å². The zero-order valence-corrected chi connectivity index (χ0v) is 13.6. The van der Waals surface area contributed by atoms with Crippen molar-refractivity contribution in [1.29, 1.82) is 0 Å². The molecular formula is C17H18N4O4. The quantitative estimate of drug-likeness (QED) is 0.814. The van der Waals surface area contributed by atoms with E-state index in [-0.39, 0.29) is 12.3 Å². The second kappa shape index (κ2) is 8.20. The third kappa shape index (κ3) is 4.74. The van der Waals surface area contributed by atoms with Crippen LogP contribution >= 0.6 is 0 Å². The summed E-state index contributed by atoms with van der Waals surface area (Å²) in [5.41, 5.74) is 1.78. The maximum Gasteiger partial charge on any atom is 0.359 e. The molecule has 1 N–H and O–H groups in total. The Balaban J connectivity index is 1.48. The predicted molar refractivity (Wildman–Crippen MR) is 90.4 cm³/mol. The van der Waals surface area contributed by atoms with E-state index in [9.17, 15) is 9.59 Å². The highest BCUT2D eigenvalue weighted by molar-refractivity contribution is 5.94. The number of nitrogens with zero attached hydrogens (tertiary/aromatic N) is 3. The Bertz CT molecular complexity index is 715. The molecule has 1 aliphatic rings. The van der Waals surface area contributed by atoms with E-state index < -0.39 is 11.9 Å². The van der Waals surface area contributed by atoms with Gasteiger partial charge in [0.15, 0.2) is 12.3 Å². The zero-order chi connectivity index (χ0) is 17.5. The number of morpholine rings is 1. The molecule has 2 aromatic rings.